The van der Waals surface area contributed by atoms with Crippen molar-refractivity contribution >= 4 is 23.1 Å². The van der Waals surface area contributed by atoms with E-state index in [4.69, 9.17) is 0 Å². The van der Waals surface area contributed by atoms with E-state index >= 15 is 0 Å². The Kier molecular flexibility index (Phi) is 5.21. The van der Waals surface area contributed by atoms with Gasteiger partial charge >= 0.3 is 0 Å². The molecule has 112 valence electrons. The normalized spacial score (nSPS) is 10.4. The summed E-state index contributed by atoms with van der Waals surface area (Å²) < 4.78 is 13.3. The summed E-state index contributed by atoms with van der Waals surface area (Å²) in [4.78, 5) is 21.2. The zero-order chi connectivity index (χ0) is 15.2. The van der Waals surface area contributed by atoms with E-state index in [2.05, 4.69) is 20.6 Å². The summed E-state index contributed by atoms with van der Waals surface area (Å²) in [6, 6.07) is 1.19. The maximum absolute atomic E-state index is 13.3. The van der Waals surface area contributed by atoms with E-state index < -0.39 is 5.82 Å². The van der Waals surface area contributed by atoms with Gasteiger partial charge in [0, 0.05) is 17.6 Å². The fraction of sp³-hybridized carbons (Fsp3) is 0.357. The summed E-state index contributed by atoms with van der Waals surface area (Å²) in [6.07, 6.45) is 3.71. The van der Waals surface area contributed by atoms with Crippen LogP contribution in [0.5, 0.6) is 0 Å². The van der Waals surface area contributed by atoms with Gasteiger partial charge in [-0.2, -0.15) is 0 Å². The van der Waals surface area contributed by atoms with E-state index in [0.29, 0.717) is 18.9 Å². The predicted octanol–water partition coefficient (Wildman–Crippen LogP) is 2.74. The summed E-state index contributed by atoms with van der Waals surface area (Å²) in [5, 5.41) is 6.72. The van der Waals surface area contributed by atoms with Gasteiger partial charge in [0.15, 0.2) is 0 Å². The van der Waals surface area contributed by atoms with Crippen molar-refractivity contribution in [2.75, 3.05) is 11.9 Å². The van der Waals surface area contributed by atoms with Crippen LogP contribution >= 0.6 is 11.3 Å². The molecule has 0 saturated carbocycles. The molecule has 2 heterocycles. The predicted molar refractivity (Wildman–Crippen MR) is 81.0 cm³/mol. The maximum Gasteiger partial charge on any atom is 0.255 e. The monoisotopic (exact) mass is 308 g/mol. The number of nitrogens with zero attached hydrogens (tertiary/aromatic N) is 2. The molecule has 0 spiro atoms. The van der Waals surface area contributed by atoms with E-state index in [9.17, 15) is 9.18 Å². The number of aromatic nitrogens is 2. The van der Waals surface area contributed by atoms with Gasteiger partial charge in [-0.1, -0.05) is 6.92 Å². The summed E-state index contributed by atoms with van der Waals surface area (Å²) in [5.41, 5.74) is 0.213. The highest BCUT2D eigenvalue weighted by Crippen LogP contribution is 2.15. The Morgan fingerprint density at radius 2 is 2.19 bits per heavy atom. The third-order valence-electron chi connectivity index (χ3n) is 2.73. The Labute approximate surface area is 126 Å². The van der Waals surface area contributed by atoms with E-state index in [-0.39, 0.29) is 11.5 Å². The molecule has 5 nitrogen and oxygen atoms in total. The van der Waals surface area contributed by atoms with Gasteiger partial charge in [-0.25, -0.2) is 14.4 Å². The van der Waals surface area contributed by atoms with Crippen LogP contribution in [-0.4, -0.2) is 22.4 Å². The molecule has 0 aliphatic carbocycles. The van der Waals surface area contributed by atoms with Gasteiger partial charge in [0.2, 0.25) is 0 Å². The van der Waals surface area contributed by atoms with Crippen molar-refractivity contribution in [3.8, 4) is 0 Å². The van der Waals surface area contributed by atoms with Gasteiger partial charge in [-0.3, -0.25) is 4.79 Å². The molecular weight excluding hydrogens is 291 g/mol. The molecule has 2 aromatic rings. The van der Waals surface area contributed by atoms with Crippen LogP contribution in [0.3, 0.4) is 0 Å². The van der Waals surface area contributed by atoms with Crippen LogP contribution in [0.2, 0.25) is 0 Å². The largest absolute Gasteiger partial charge is 0.369 e. The van der Waals surface area contributed by atoms with E-state index in [1.807, 2.05) is 13.8 Å². The molecule has 2 rings (SSSR count). The fourth-order valence-corrected chi connectivity index (χ4v) is 2.48. The second-order valence-electron chi connectivity index (χ2n) is 4.50. The fourth-order valence-electron chi connectivity index (χ4n) is 1.75. The summed E-state index contributed by atoms with van der Waals surface area (Å²) in [5.74, 6) is -0.487. The van der Waals surface area contributed by atoms with Crippen molar-refractivity contribution in [2.24, 2.45) is 0 Å². The molecule has 0 atom stereocenters. The molecule has 2 N–H and O–H groups in total. The Hall–Kier alpha value is -2.02. The minimum Gasteiger partial charge on any atom is -0.369 e. The number of pyridine rings is 1. The second kappa shape index (κ2) is 7.12. The number of rotatable bonds is 6. The number of aryl methyl sites for hydroxylation is 1. The second-order valence-corrected chi connectivity index (χ2v) is 5.82. The molecule has 0 aromatic carbocycles. The number of carbonyl (C=O) groups excluding carboxylic acids is 1. The lowest BCUT2D eigenvalue weighted by molar-refractivity contribution is 0.0951. The number of hydrogen-bond acceptors (Lipinski definition) is 5. The molecule has 7 heteroatoms. The molecule has 0 saturated heterocycles. The number of nitrogens with one attached hydrogen (secondary N) is 2. The Bertz CT molecular complexity index is 629. The van der Waals surface area contributed by atoms with Crippen LogP contribution in [0.1, 0.15) is 33.6 Å². The average molecular weight is 308 g/mol. The van der Waals surface area contributed by atoms with Crippen LogP contribution < -0.4 is 10.6 Å². The molecule has 1 amide bonds. The lowest BCUT2D eigenvalue weighted by Gasteiger charge is -2.10. The maximum atomic E-state index is 13.3. The van der Waals surface area contributed by atoms with Gasteiger partial charge in [-0.15, -0.1) is 11.3 Å². The van der Waals surface area contributed by atoms with Crippen molar-refractivity contribution < 1.29 is 9.18 Å². The van der Waals surface area contributed by atoms with Crippen LogP contribution in [0.25, 0.3) is 0 Å². The number of hydrogen-bond donors (Lipinski definition) is 2. The Balaban J connectivity index is 2.08. The zero-order valence-electron chi connectivity index (χ0n) is 11.9. The molecular formula is C14H17FN4OS. The molecule has 0 fully saturated rings. The first-order valence-corrected chi connectivity index (χ1v) is 7.50. The zero-order valence-corrected chi connectivity index (χ0v) is 12.8. The van der Waals surface area contributed by atoms with Gasteiger partial charge in [0.05, 0.1) is 23.3 Å². The molecule has 0 bridgehead atoms. The third-order valence-corrected chi connectivity index (χ3v) is 3.65. The molecule has 21 heavy (non-hydrogen) atoms. The first kappa shape index (κ1) is 15.4. The lowest BCUT2D eigenvalue weighted by Crippen LogP contribution is -2.24. The van der Waals surface area contributed by atoms with Crippen LogP contribution in [-0.2, 0) is 6.54 Å². The van der Waals surface area contributed by atoms with Gasteiger partial charge < -0.3 is 10.6 Å². The first-order valence-electron chi connectivity index (χ1n) is 6.69. The van der Waals surface area contributed by atoms with Crippen molar-refractivity contribution in [3.05, 3.63) is 39.7 Å². The summed E-state index contributed by atoms with van der Waals surface area (Å²) in [6.45, 7) is 4.95. The van der Waals surface area contributed by atoms with Crippen molar-refractivity contribution in [1.82, 2.24) is 15.3 Å². The van der Waals surface area contributed by atoms with Crippen molar-refractivity contribution in [3.63, 3.8) is 0 Å². The lowest BCUT2D eigenvalue weighted by atomic mass is 10.2. The minimum atomic E-state index is -0.532. The standard InChI is InChI=1S/C14H17FN4OS/c1-3-4-16-13-12(5-10(15)6-18-13)14(20)19-8-11-7-17-9(2)21-11/h5-7H,3-4,8H2,1-2H3,(H,16,18)(H,19,20). The Morgan fingerprint density at radius 3 is 2.86 bits per heavy atom. The summed E-state index contributed by atoms with van der Waals surface area (Å²) in [7, 11) is 0. The van der Waals surface area contributed by atoms with Crippen LogP contribution in [0, 0.1) is 12.7 Å². The molecule has 0 aliphatic rings. The quantitative estimate of drug-likeness (QED) is 0.861. The minimum absolute atomic E-state index is 0.213. The van der Waals surface area contributed by atoms with Gasteiger partial charge in [0.1, 0.15) is 11.6 Å². The van der Waals surface area contributed by atoms with E-state index in [1.54, 1.807) is 6.20 Å². The number of halogens is 1. The van der Waals surface area contributed by atoms with E-state index in [1.165, 1.54) is 17.4 Å². The summed E-state index contributed by atoms with van der Waals surface area (Å²) >= 11 is 1.51. The van der Waals surface area contributed by atoms with Gasteiger partial charge in [-0.05, 0) is 19.4 Å². The third kappa shape index (κ3) is 4.22. The highest BCUT2D eigenvalue weighted by atomic mass is 32.1. The average Bonchev–Trinajstić information content (AvgIpc) is 2.89. The van der Waals surface area contributed by atoms with Gasteiger partial charge in [0.25, 0.3) is 5.91 Å². The molecule has 0 unspecified atom stereocenters. The van der Waals surface area contributed by atoms with E-state index in [0.717, 1.165) is 22.5 Å². The first-order chi connectivity index (χ1) is 10.1. The Morgan fingerprint density at radius 1 is 1.38 bits per heavy atom. The molecule has 0 aliphatic heterocycles. The molecule has 2 aromatic heterocycles. The number of thiazole rings is 1. The topological polar surface area (TPSA) is 66.9 Å². The highest BCUT2D eigenvalue weighted by molar-refractivity contribution is 7.11. The van der Waals surface area contributed by atoms with Crippen molar-refractivity contribution in [2.45, 2.75) is 26.8 Å². The number of anilines is 1. The number of carbonyl (C=O) groups is 1. The van der Waals surface area contributed by atoms with Crippen molar-refractivity contribution in [1.29, 1.82) is 0 Å². The SMILES string of the molecule is CCCNc1ncc(F)cc1C(=O)NCc1cnc(C)s1. The number of amides is 1. The molecule has 0 radical (unpaired) electrons. The smallest absolute Gasteiger partial charge is 0.255 e. The highest BCUT2D eigenvalue weighted by Gasteiger charge is 2.14. The van der Waals surface area contributed by atoms with Crippen LogP contribution in [0.4, 0.5) is 10.2 Å². The van der Waals surface area contributed by atoms with Crippen LogP contribution in [0.15, 0.2) is 18.5 Å².